The molecule has 0 aromatic heterocycles. The van der Waals surface area contributed by atoms with E-state index in [2.05, 4.69) is 138 Å². The van der Waals surface area contributed by atoms with E-state index in [9.17, 15) is 0 Å². The molecule has 3 nitrogen and oxygen atoms in total. The lowest BCUT2D eigenvalue weighted by molar-refractivity contribution is 0.383. The molecule has 0 aliphatic heterocycles. The summed E-state index contributed by atoms with van der Waals surface area (Å²) in [5.74, 6) is 2.45. The van der Waals surface area contributed by atoms with Gasteiger partial charge in [0.1, 0.15) is 17.2 Å². The minimum Gasteiger partial charge on any atom is -0.408 e. The fraction of sp³-hybridized carbons (Fsp3) is 0.500. The van der Waals surface area contributed by atoms with E-state index < -0.39 is 8.60 Å². The highest BCUT2D eigenvalue weighted by Crippen LogP contribution is 2.46. The maximum atomic E-state index is 6.63. The van der Waals surface area contributed by atoms with Gasteiger partial charge in [-0.15, -0.1) is 0 Å². The summed E-state index contributed by atoms with van der Waals surface area (Å²) in [5, 5.41) is 0. The van der Waals surface area contributed by atoms with Crippen LogP contribution in [0.3, 0.4) is 0 Å². The molecule has 40 heavy (non-hydrogen) atoms. The van der Waals surface area contributed by atoms with E-state index in [4.69, 9.17) is 13.6 Å². The lowest BCUT2D eigenvalue weighted by Gasteiger charge is -2.25. The zero-order valence-electron chi connectivity index (χ0n) is 27.0. The molecule has 218 valence electrons. The lowest BCUT2D eigenvalue weighted by atomic mass is 9.86. The first-order valence-corrected chi connectivity index (χ1v) is 15.9. The third-order valence-corrected chi connectivity index (χ3v) is 8.48. The summed E-state index contributed by atoms with van der Waals surface area (Å²) in [6, 6.07) is 19.5. The maximum Gasteiger partial charge on any atom is 0.530 e. The third kappa shape index (κ3) is 8.03. The van der Waals surface area contributed by atoms with Crippen LogP contribution in [0.15, 0.2) is 54.6 Å². The SMILES string of the molecule is CCc1cc(C(C)(C)C)ccc1OP(Oc1ccc(C(C)(C)C)cc1CC)Oc1ccc(C(C)(C)C)cc1CC. The molecule has 0 fully saturated rings. The quantitative estimate of drug-likeness (QED) is 0.243. The molecule has 0 bridgehead atoms. The molecule has 0 aliphatic rings. The molecule has 0 saturated carbocycles. The van der Waals surface area contributed by atoms with Crippen LogP contribution in [0.5, 0.6) is 17.2 Å². The molecule has 0 atom stereocenters. The molecular formula is C36H51O3P. The zero-order valence-corrected chi connectivity index (χ0v) is 27.9. The summed E-state index contributed by atoms with van der Waals surface area (Å²) in [6.45, 7) is 26.6. The second-order valence-electron chi connectivity index (χ2n) is 13.8. The Bertz CT molecular complexity index is 1130. The van der Waals surface area contributed by atoms with Crippen LogP contribution in [-0.2, 0) is 35.5 Å². The van der Waals surface area contributed by atoms with E-state index in [0.717, 1.165) is 53.2 Å². The highest BCUT2D eigenvalue weighted by Gasteiger charge is 2.26. The van der Waals surface area contributed by atoms with Gasteiger partial charge in [-0.3, -0.25) is 0 Å². The number of hydrogen-bond acceptors (Lipinski definition) is 3. The van der Waals surface area contributed by atoms with Crippen molar-refractivity contribution in [3.05, 3.63) is 88.0 Å². The average Bonchev–Trinajstić information content (AvgIpc) is 2.87. The molecule has 4 heteroatoms. The van der Waals surface area contributed by atoms with Gasteiger partial charge >= 0.3 is 8.60 Å². The van der Waals surface area contributed by atoms with Gasteiger partial charge in [-0.05, 0) is 87.1 Å². The Kier molecular flexibility index (Phi) is 10.1. The molecule has 0 aliphatic carbocycles. The van der Waals surface area contributed by atoms with Crippen molar-refractivity contribution in [3.63, 3.8) is 0 Å². The molecule has 3 rings (SSSR count). The second-order valence-corrected chi connectivity index (χ2v) is 14.8. The number of aryl methyl sites for hydroxylation is 3. The van der Waals surface area contributed by atoms with Crippen molar-refractivity contribution < 1.29 is 13.6 Å². The molecule has 0 saturated heterocycles. The van der Waals surface area contributed by atoms with Crippen LogP contribution in [-0.4, -0.2) is 0 Å². The Morgan fingerprint density at radius 1 is 0.450 bits per heavy atom. The van der Waals surface area contributed by atoms with Crippen LogP contribution in [0.4, 0.5) is 0 Å². The average molecular weight is 563 g/mol. The predicted molar refractivity (Wildman–Crippen MR) is 172 cm³/mol. The maximum absolute atomic E-state index is 6.63. The van der Waals surface area contributed by atoms with Gasteiger partial charge in [0.2, 0.25) is 0 Å². The summed E-state index contributed by atoms with van der Waals surface area (Å²) in [6.07, 6.45) is 2.59. The van der Waals surface area contributed by atoms with Crippen molar-refractivity contribution >= 4 is 8.60 Å². The fourth-order valence-electron chi connectivity index (χ4n) is 4.53. The van der Waals surface area contributed by atoms with Crippen molar-refractivity contribution in [2.24, 2.45) is 0 Å². The van der Waals surface area contributed by atoms with Gasteiger partial charge in [0.05, 0.1) is 0 Å². The van der Waals surface area contributed by atoms with Gasteiger partial charge in [0.25, 0.3) is 0 Å². The Balaban J connectivity index is 2.04. The van der Waals surface area contributed by atoms with Crippen LogP contribution >= 0.6 is 8.60 Å². The van der Waals surface area contributed by atoms with Gasteiger partial charge in [-0.25, -0.2) is 0 Å². The number of hydrogen-bond donors (Lipinski definition) is 0. The Morgan fingerprint density at radius 3 is 0.900 bits per heavy atom. The first-order valence-electron chi connectivity index (χ1n) is 14.8. The largest absolute Gasteiger partial charge is 0.530 e. The summed E-state index contributed by atoms with van der Waals surface area (Å²) >= 11 is 0. The molecule has 0 unspecified atom stereocenters. The lowest BCUT2D eigenvalue weighted by Crippen LogP contribution is -2.13. The molecule has 3 aromatic carbocycles. The van der Waals surface area contributed by atoms with E-state index in [-0.39, 0.29) is 16.2 Å². The zero-order chi connectivity index (χ0) is 29.9. The van der Waals surface area contributed by atoms with Crippen LogP contribution in [0.2, 0.25) is 0 Å². The minimum atomic E-state index is -1.77. The molecule has 3 aromatic rings. The van der Waals surface area contributed by atoms with Crippen molar-refractivity contribution in [2.75, 3.05) is 0 Å². The second kappa shape index (κ2) is 12.6. The molecule has 0 radical (unpaired) electrons. The minimum absolute atomic E-state index is 0.0653. The summed E-state index contributed by atoms with van der Waals surface area (Å²) in [7, 11) is -1.77. The summed E-state index contributed by atoms with van der Waals surface area (Å²) in [4.78, 5) is 0. The first-order chi connectivity index (χ1) is 18.6. The smallest absolute Gasteiger partial charge is 0.408 e. The van der Waals surface area contributed by atoms with Crippen molar-refractivity contribution in [2.45, 2.75) is 119 Å². The highest BCUT2D eigenvalue weighted by molar-refractivity contribution is 7.43. The molecule has 0 spiro atoms. The predicted octanol–water partition coefficient (Wildman–Crippen LogP) is 11.0. The molecule has 0 amide bonds. The fourth-order valence-corrected chi connectivity index (χ4v) is 5.66. The first kappa shape index (κ1) is 32.0. The standard InChI is InChI=1S/C36H51O3P/c1-13-25-22-28(34(4,5)6)16-19-31(25)37-40(38-32-20-17-29(35(7,8)9)23-26(32)14-2)39-33-21-18-30(36(10,11)12)24-27(33)15-3/h16-24H,13-15H2,1-12H3. The topological polar surface area (TPSA) is 27.7 Å². The van der Waals surface area contributed by atoms with Gasteiger partial charge in [-0.1, -0.05) is 119 Å². The number of benzene rings is 3. The van der Waals surface area contributed by atoms with E-state index in [0.29, 0.717) is 0 Å². The van der Waals surface area contributed by atoms with Gasteiger partial charge in [0, 0.05) is 0 Å². The van der Waals surface area contributed by atoms with E-state index in [1.54, 1.807) is 0 Å². The Labute approximate surface area is 245 Å². The summed E-state index contributed by atoms with van der Waals surface area (Å²) < 4.78 is 19.9. The Morgan fingerprint density at radius 2 is 0.700 bits per heavy atom. The van der Waals surface area contributed by atoms with E-state index in [1.807, 2.05) is 0 Å². The molecule has 0 heterocycles. The highest BCUT2D eigenvalue weighted by atomic mass is 31.2. The van der Waals surface area contributed by atoms with E-state index in [1.165, 1.54) is 16.7 Å². The molecule has 0 N–H and O–H groups in total. The number of rotatable bonds is 9. The van der Waals surface area contributed by atoms with Gasteiger partial charge in [0.15, 0.2) is 0 Å². The van der Waals surface area contributed by atoms with Crippen LogP contribution in [0.25, 0.3) is 0 Å². The monoisotopic (exact) mass is 562 g/mol. The van der Waals surface area contributed by atoms with Gasteiger partial charge < -0.3 is 13.6 Å². The van der Waals surface area contributed by atoms with Crippen LogP contribution in [0, 0.1) is 0 Å². The van der Waals surface area contributed by atoms with Crippen LogP contribution < -0.4 is 13.6 Å². The normalized spacial score (nSPS) is 12.5. The van der Waals surface area contributed by atoms with Crippen molar-refractivity contribution in [3.8, 4) is 17.2 Å². The third-order valence-electron chi connectivity index (χ3n) is 7.44. The van der Waals surface area contributed by atoms with Crippen molar-refractivity contribution in [1.82, 2.24) is 0 Å². The Hall–Kier alpha value is -2.51. The molecular weight excluding hydrogens is 511 g/mol. The van der Waals surface area contributed by atoms with Crippen molar-refractivity contribution in [1.29, 1.82) is 0 Å². The van der Waals surface area contributed by atoms with Crippen LogP contribution in [0.1, 0.15) is 116 Å². The van der Waals surface area contributed by atoms with E-state index >= 15 is 0 Å². The van der Waals surface area contributed by atoms with Gasteiger partial charge in [-0.2, -0.15) is 0 Å². The summed E-state index contributed by atoms with van der Waals surface area (Å²) in [5.41, 5.74) is 7.54.